The molecule has 18 heavy (non-hydrogen) atoms. The van der Waals surface area contributed by atoms with Gasteiger partial charge in [0.1, 0.15) is 6.61 Å². The van der Waals surface area contributed by atoms with Crippen molar-refractivity contribution in [2.75, 3.05) is 6.61 Å². The zero-order valence-electron chi connectivity index (χ0n) is 12.7. The van der Waals surface area contributed by atoms with E-state index >= 15 is 0 Å². The van der Waals surface area contributed by atoms with Crippen molar-refractivity contribution in [1.82, 2.24) is 0 Å². The van der Waals surface area contributed by atoms with Crippen LogP contribution in [-0.4, -0.2) is 12.6 Å². The number of rotatable bonds is 6. The third-order valence-corrected chi connectivity index (χ3v) is 2.93. The molecule has 0 aliphatic heterocycles. The van der Waals surface area contributed by atoms with Crippen molar-refractivity contribution < 1.29 is 9.53 Å². The number of hydrogen-bond acceptors (Lipinski definition) is 2. The maximum Gasteiger partial charge on any atom is 0.312 e. The predicted octanol–water partition coefficient (Wildman–Crippen LogP) is 4.54. The molecule has 0 unspecified atom stereocenters. The van der Waals surface area contributed by atoms with Crippen molar-refractivity contribution >= 4 is 5.97 Å². The van der Waals surface area contributed by atoms with Crippen molar-refractivity contribution in [1.29, 1.82) is 0 Å². The Morgan fingerprint density at radius 3 is 2.11 bits per heavy atom. The highest BCUT2D eigenvalue weighted by Crippen LogP contribution is 2.27. The van der Waals surface area contributed by atoms with Gasteiger partial charge in [-0.2, -0.15) is 0 Å². The summed E-state index contributed by atoms with van der Waals surface area (Å²) in [6.07, 6.45) is 5.10. The Morgan fingerprint density at radius 1 is 1.28 bits per heavy atom. The summed E-state index contributed by atoms with van der Waals surface area (Å²) in [5, 5.41) is 0. The van der Waals surface area contributed by atoms with Crippen molar-refractivity contribution in [3.63, 3.8) is 0 Å². The molecule has 0 fully saturated rings. The van der Waals surface area contributed by atoms with E-state index in [2.05, 4.69) is 13.2 Å². The van der Waals surface area contributed by atoms with Crippen molar-refractivity contribution in [3.05, 3.63) is 37.0 Å². The van der Waals surface area contributed by atoms with Crippen molar-refractivity contribution in [2.45, 2.75) is 41.5 Å². The average Bonchev–Trinajstić information content (AvgIpc) is 2.36. The Hall–Kier alpha value is -1.31. The predicted molar refractivity (Wildman–Crippen MR) is 79.4 cm³/mol. The minimum Gasteiger partial charge on any atom is -0.460 e. The van der Waals surface area contributed by atoms with E-state index in [1.807, 2.05) is 41.5 Å². The van der Waals surface area contributed by atoms with Gasteiger partial charge in [-0.1, -0.05) is 59.1 Å². The first-order chi connectivity index (χ1) is 8.36. The van der Waals surface area contributed by atoms with Crippen LogP contribution < -0.4 is 0 Å². The molecule has 0 amide bonds. The van der Waals surface area contributed by atoms with Crippen LogP contribution in [0.5, 0.6) is 0 Å². The molecule has 104 valence electrons. The maximum atomic E-state index is 11.8. The van der Waals surface area contributed by atoms with Gasteiger partial charge in [-0.15, -0.1) is 0 Å². The van der Waals surface area contributed by atoms with Gasteiger partial charge in [-0.25, -0.2) is 0 Å². The number of allylic oxidation sites excluding steroid dienone is 2. The van der Waals surface area contributed by atoms with Gasteiger partial charge in [0.05, 0.1) is 5.41 Å². The van der Waals surface area contributed by atoms with Gasteiger partial charge < -0.3 is 4.74 Å². The van der Waals surface area contributed by atoms with E-state index in [1.54, 1.807) is 18.2 Å². The molecule has 0 rings (SSSR count). The second-order valence-electron chi connectivity index (χ2n) is 4.63. The Labute approximate surface area is 112 Å². The third kappa shape index (κ3) is 6.43. The van der Waals surface area contributed by atoms with Gasteiger partial charge in [0.25, 0.3) is 0 Å². The minimum absolute atomic E-state index is 0.181. The van der Waals surface area contributed by atoms with E-state index in [4.69, 9.17) is 4.74 Å². The molecule has 0 aliphatic rings. The molecule has 2 heteroatoms. The molecule has 0 atom stereocenters. The Balaban J connectivity index is 0. The fraction of sp³-hybridized carbons (Fsp3) is 0.562. The minimum atomic E-state index is -0.458. The molecular weight excluding hydrogens is 224 g/mol. The molecule has 0 heterocycles. The lowest BCUT2D eigenvalue weighted by Gasteiger charge is -2.26. The Kier molecular flexibility index (Phi) is 10.3. The summed E-state index contributed by atoms with van der Waals surface area (Å²) in [4.78, 5) is 11.8. The summed E-state index contributed by atoms with van der Waals surface area (Å²) in [6.45, 7) is 19.3. The molecule has 0 spiro atoms. The number of carbonyl (C=O) groups excluding carboxylic acids is 1. The summed E-state index contributed by atoms with van der Waals surface area (Å²) in [5.41, 5.74) is 0.392. The number of esters is 1. The third-order valence-electron chi connectivity index (χ3n) is 2.93. The lowest BCUT2D eigenvalue weighted by molar-refractivity contribution is -0.155. The van der Waals surface area contributed by atoms with Crippen molar-refractivity contribution in [3.8, 4) is 0 Å². The van der Waals surface area contributed by atoms with E-state index in [0.717, 1.165) is 5.57 Å². The van der Waals surface area contributed by atoms with Crippen LogP contribution in [0.15, 0.2) is 37.0 Å². The fourth-order valence-electron chi connectivity index (χ4n) is 0.897. The van der Waals surface area contributed by atoms with Crippen LogP contribution in [0.4, 0.5) is 0 Å². The van der Waals surface area contributed by atoms with Crippen LogP contribution in [-0.2, 0) is 9.53 Å². The van der Waals surface area contributed by atoms with Crippen LogP contribution in [0.1, 0.15) is 41.5 Å². The van der Waals surface area contributed by atoms with Gasteiger partial charge in [0.15, 0.2) is 0 Å². The first-order valence-corrected chi connectivity index (χ1v) is 6.47. The second-order valence-corrected chi connectivity index (χ2v) is 4.63. The first-order valence-electron chi connectivity index (χ1n) is 6.47. The molecule has 0 saturated heterocycles. The zero-order chi connectivity index (χ0) is 14.8. The molecule has 0 aromatic rings. The standard InChI is InChI=1S/C14H22O2.C2H6/c1-7-9-12(8-2)10-16-13(15)14(5,6)11(3)4;1-2/h7-9,11H,1-2,10H2,3-6H3;1-2H3/b12-9+;. The number of hydrogen-bond donors (Lipinski definition) is 0. The molecular formula is C16H28O2. The van der Waals surface area contributed by atoms with Crippen LogP contribution >= 0.6 is 0 Å². The highest BCUT2D eigenvalue weighted by molar-refractivity contribution is 5.76. The lowest BCUT2D eigenvalue weighted by atomic mass is 9.81. The van der Waals surface area contributed by atoms with Gasteiger partial charge in [-0.3, -0.25) is 4.79 Å². The molecule has 0 radical (unpaired) electrons. The average molecular weight is 252 g/mol. The number of carbonyl (C=O) groups is 1. The molecule has 0 aromatic carbocycles. The van der Waals surface area contributed by atoms with Gasteiger partial charge >= 0.3 is 5.97 Å². The highest BCUT2D eigenvalue weighted by atomic mass is 16.5. The fourth-order valence-corrected chi connectivity index (χ4v) is 0.897. The maximum absolute atomic E-state index is 11.8. The van der Waals surface area contributed by atoms with E-state index in [0.29, 0.717) is 0 Å². The van der Waals surface area contributed by atoms with E-state index in [9.17, 15) is 4.79 Å². The van der Waals surface area contributed by atoms with Crippen molar-refractivity contribution in [2.24, 2.45) is 11.3 Å². The van der Waals surface area contributed by atoms with Gasteiger partial charge in [0.2, 0.25) is 0 Å². The molecule has 0 bridgehead atoms. The van der Waals surface area contributed by atoms with E-state index in [-0.39, 0.29) is 18.5 Å². The molecule has 0 N–H and O–H groups in total. The van der Waals surface area contributed by atoms with Crippen LogP contribution in [0.25, 0.3) is 0 Å². The molecule has 2 nitrogen and oxygen atoms in total. The van der Waals surface area contributed by atoms with E-state index in [1.165, 1.54) is 0 Å². The summed E-state index contributed by atoms with van der Waals surface area (Å²) in [5.74, 6) is 0.0647. The molecule has 0 aromatic heterocycles. The quantitative estimate of drug-likeness (QED) is 0.512. The normalized spacial score (nSPS) is 11.4. The summed E-state index contributed by atoms with van der Waals surface area (Å²) in [7, 11) is 0. The monoisotopic (exact) mass is 252 g/mol. The van der Waals surface area contributed by atoms with Gasteiger partial charge in [0, 0.05) is 0 Å². The lowest BCUT2D eigenvalue weighted by Crippen LogP contribution is -2.32. The topological polar surface area (TPSA) is 26.3 Å². The first kappa shape index (κ1) is 19.0. The smallest absolute Gasteiger partial charge is 0.312 e. The Morgan fingerprint density at radius 2 is 1.78 bits per heavy atom. The van der Waals surface area contributed by atoms with Gasteiger partial charge in [-0.05, 0) is 25.3 Å². The number of ether oxygens (including phenoxy) is 1. The van der Waals surface area contributed by atoms with E-state index < -0.39 is 5.41 Å². The summed E-state index contributed by atoms with van der Waals surface area (Å²) >= 11 is 0. The van der Waals surface area contributed by atoms with Crippen LogP contribution in [0.2, 0.25) is 0 Å². The zero-order valence-corrected chi connectivity index (χ0v) is 12.7. The van der Waals surface area contributed by atoms with Crippen LogP contribution in [0, 0.1) is 11.3 Å². The van der Waals surface area contributed by atoms with Crippen LogP contribution in [0.3, 0.4) is 0 Å². The second kappa shape index (κ2) is 9.69. The SMILES string of the molecule is C=C/C=C(\C=C)COC(=O)C(C)(C)C(C)C.CC. The molecule has 0 aliphatic carbocycles. The summed E-state index contributed by atoms with van der Waals surface area (Å²) in [6, 6.07) is 0. The molecule has 0 saturated carbocycles. The highest BCUT2D eigenvalue weighted by Gasteiger charge is 2.32. The largest absolute Gasteiger partial charge is 0.460 e. The summed E-state index contributed by atoms with van der Waals surface area (Å²) < 4.78 is 5.25. The Bertz CT molecular complexity index is 296.